The average Bonchev–Trinajstić information content (AvgIpc) is 2.65. The third-order valence-corrected chi connectivity index (χ3v) is 6.12. The van der Waals surface area contributed by atoms with Crippen molar-refractivity contribution in [1.82, 2.24) is 10.3 Å². The number of rotatable bonds is 4. The van der Waals surface area contributed by atoms with Gasteiger partial charge in [0.1, 0.15) is 22.2 Å². The molecule has 31 heavy (non-hydrogen) atoms. The summed E-state index contributed by atoms with van der Waals surface area (Å²) in [6.45, 7) is 3.85. The monoisotopic (exact) mass is 481 g/mol. The lowest BCUT2D eigenvalue weighted by Crippen LogP contribution is -2.35. The molecule has 0 bridgehead atoms. The van der Waals surface area contributed by atoms with Gasteiger partial charge in [0, 0.05) is 11.9 Å². The van der Waals surface area contributed by atoms with Crippen LogP contribution in [0.1, 0.15) is 21.5 Å². The van der Waals surface area contributed by atoms with Crippen LogP contribution in [0.5, 0.6) is 0 Å². The Balaban J connectivity index is 1.74. The number of carbonyl (C=O) groups excluding carboxylic acids is 2. The highest BCUT2D eigenvalue weighted by atomic mass is 35.5. The number of aromatic nitrogens is 1. The van der Waals surface area contributed by atoms with Gasteiger partial charge in [-0.1, -0.05) is 47.1 Å². The molecule has 1 heterocycles. The highest BCUT2D eigenvalue weighted by Gasteiger charge is 2.20. The maximum atomic E-state index is 13.7. The summed E-state index contributed by atoms with van der Waals surface area (Å²) < 4.78 is 27.4. The zero-order chi connectivity index (χ0) is 22.7. The lowest BCUT2D eigenvalue weighted by molar-refractivity contribution is 0.0959. The topological polar surface area (TPSA) is 71.1 Å². The normalized spacial score (nSPS) is 10.6. The van der Waals surface area contributed by atoms with E-state index < -0.39 is 29.1 Å². The molecule has 3 aromatic rings. The number of hydrogen-bond donors (Lipinski definition) is 2. The van der Waals surface area contributed by atoms with E-state index in [-0.39, 0.29) is 15.7 Å². The minimum atomic E-state index is -1.22. The van der Waals surface area contributed by atoms with Crippen LogP contribution in [0, 0.1) is 25.5 Å². The van der Waals surface area contributed by atoms with Crippen LogP contribution >= 0.6 is 35.0 Å². The summed E-state index contributed by atoms with van der Waals surface area (Å²) in [5, 5.41) is 5.45. The Bertz CT molecular complexity index is 1150. The lowest BCUT2D eigenvalue weighted by Gasteiger charge is -2.12. The first-order valence-electron chi connectivity index (χ1n) is 8.82. The number of nitrogens with one attached hydrogen (secondary N) is 2. The quantitative estimate of drug-likeness (QED) is 0.452. The van der Waals surface area contributed by atoms with Crippen LogP contribution in [0.4, 0.5) is 19.3 Å². The fourth-order valence-corrected chi connectivity index (χ4v) is 4.23. The van der Waals surface area contributed by atoms with E-state index in [1.807, 2.05) is 25.2 Å². The van der Waals surface area contributed by atoms with Gasteiger partial charge in [0.25, 0.3) is 5.91 Å². The van der Waals surface area contributed by atoms with E-state index >= 15 is 0 Å². The summed E-state index contributed by atoms with van der Waals surface area (Å²) >= 11 is 13.9. The summed E-state index contributed by atoms with van der Waals surface area (Å²) in [6, 6.07) is 6.79. The van der Waals surface area contributed by atoms with Gasteiger partial charge in [-0.25, -0.2) is 18.6 Å². The average molecular weight is 482 g/mol. The van der Waals surface area contributed by atoms with Crippen LogP contribution in [-0.4, -0.2) is 16.9 Å². The minimum Gasteiger partial charge on any atom is -0.308 e. The first-order valence-corrected chi connectivity index (χ1v) is 10.4. The molecule has 160 valence electrons. The van der Waals surface area contributed by atoms with Gasteiger partial charge in [-0.2, -0.15) is 0 Å². The molecule has 0 aliphatic rings. The fraction of sp³-hybridized carbons (Fsp3) is 0.0952. The summed E-state index contributed by atoms with van der Waals surface area (Å²) in [5.41, 5.74) is 1.31. The number of benzene rings is 2. The van der Waals surface area contributed by atoms with Crippen LogP contribution < -0.4 is 10.6 Å². The fourth-order valence-electron chi connectivity index (χ4n) is 2.68. The van der Waals surface area contributed by atoms with Gasteiger partial charge in [0.05, 0.1) is 14.9 Å². The summed E-state index contributed by atoms with van der Waals surface area (Å²) in [7, 11) is 0. The zero-order valence-electron chi connectivity index (χ0n) is 16.2. The first-order chi connectivity index (χ1) is 14.7. The Kier molecular flexibility index (Phi) is 7.15. The summed E-state index contributed by atoms with van der Waals surface area (Å²) in [6.07, 6.45) is 1.73. The predicted octanol–water partition coefficient (Wildman–Crippen LogP) is 6.40. The van der Waals surface area contributed by atoms with Gasteiger partial charge in [0.15, 0.2) is 0 Å². The van der Waals surface area contributed by atoms with Crippen molar-refractivity contribution in [3.05, 3.63) is 81.0 Å². The number of aryl methyl sites for hydroxylation is 2. The van der Waals surface area contributed by atoms with Gasteiger partial charge in [-0.15, -0.1) is 0 Å². The summed E-state index contributed by atoms with van der Waals surface area (Å²) in [5.74, 6) is -3.39. The molecule has 3 rings (SSSR count). The SMILES string of the molecule is Cc1cnc(Sc2c(Cl)cc(NC(=O)NC(=O)c3c(F)cccc3F)cc2Cl)c(C)c1. The predicted molar refractivity (Wildman–Crippen MR) is 117 cm³/mol. The van der Waals surface area contributed by atoms with E-state index in [1.54, 1.807) is 6.20 Å². The standard InChI is InChI=1S/C21H15Cl2F2N3O2S/c1-10-6-11(2)20(26-9-10)31-18-13(22)7-12(8-14(18)23)27-21(30)28-19(29)17-15(24)4-3-5-16(17)25/h3-9H,1-2H3,(H2,27,28,29,30). The number of halogens is 4. The van der Waals surface area contributed by atoms with Crippen LogP contribution in [0.25, 0.3) is 0 Å². The van der Waals surface area contributed by atoms with Gasteiger partial charge in [-0.3, -0.25) is 10.1 Å². The molecule has 2 N–H and O–H groups in total. The molecule has 2 aromatic carbocycles. The molecule has 0 saturated heterocycles. The van der Waals surface area contributed by atoms with E-state index in [0.717, 1.165) is 34.4 Å². The number of anilines is 1. The molecule has 0 radical (unpaired) electrons. The molecule has 0 aliphatic heterocycles. The van der Waals surface area contributed by atoms with Crippen molar-refractivity contribution >= 4 is 52.6 Å². The number of amides is 3. The van der Waals surface area contributed by atoms with Crippen molar-refractivity contribution in [2.75, 3.05) is 5.32 Å². The molecule has 0 aliphatic carbocycles. The molecule has 1 aromatic heterocycles. The van der Waals surface area contributed by atoms with Crippen LogP contribution in [0.3, 0.4) is 0 Å². The molecule has 0 saturated carbocycles. The Hall–Kier alpha value is -2.68. The Morgan fingerprint density at radius 3 is 2.23 bits per heavy atom. The molecule has 3 amide bonds. The van der Waals surface area contributed by atoms with E-state index in [2.05, 4.69) is 10.3 Å². The highest BCUT2D eigenvalue weighted by Crippen LogP contribution is 2.40. The Morgan fingerprint density at radius 2 is 1.65 bits per heavy atom. The summed E-state index contributed by atoms with van der Waals surface area (Å²) in [4.78, 5) is 29.0. The Labute approximate surface area is 191 Å². The maximum Gasteiger partial charge on any atom is 0.326 e. The van der Waals surface area contributed by atoms with Crippen LogP contribution in [-0.2, 0) is 0 Å². The van der Waals surface area contributed by atoms with Crippen molar-refractivity contribution in [2.45, 2.75) is 23.8 Å². The van der Waals surface area contributed by atoms with Crippen molar-refractivity contribution in [3.63, 3.8) is 0 Å². The van der Waals surface area contributed by atoms with Crippen molar-refractivity contribution in [2.24, 2.45) is 0 Å². The number of hydrogen-bond acceptors (Lipinski definition) is 4. The smallest absolute Gasteiger partial charge is 0.308 e. The van der Waals surface area contributed by atoms with Gasteiger partial charge in [0.2, 0.25) is 0 Å². The Morgan fingerprint density at radius 1 is 1.03 bits per heavy atom. The number of urea groups is 1. The van der Waals surface area contributed by atoms with E-state index in [9.17, 15) is 18.4 Å². The molecule has 0 unspecified atom stereocenters. The number of pyridine rings is 1. The molecule has 5 nitrogen and oxygen atoms in total. The molecule has 0 atom stereocenters. The van der Waals surface area contributed by atoms with E-state index in [1.165, 1.54) is 23.9 Å². The van der Waals surface area contributed by atoms with Crippen molar-refractivity contribution in [1.29, 1.82) is 0 Å². The van der Waals surface area contributed by atoms with Crippen molar-refractivity contribution in [3.8, 4) is 0 Å². The second-order valence-electron chi connectivity index (χ2n) is 6.51. The van der Waals surface area contributed by atoms with Gasteiger partial charge >= 0.3 is 6.03 Å². The highest BCUT2D eigenvalue weighted by molar-refractivity contribution is 7.99. The third-order valence-electron chi connectivity index (χ3n) is 4.04. The van der Waals surface area contributed by atoms with Crippen LogP contribution in [0.15, 0.2) is 52.5 Å². The second-order valence-corrected chi connectivity index (χ2v) is 8.32. The molecule has 10 heteroatoms. The lowest BCUT2D eigenvalue weighted by atomic mass is 10.2. The number of imide groups is 1. The largest absolute Gasteiger partial charge is 0.326 e. The van der Waals surface area contributed by atoms with Gasteiger partial charge < -0.3 is 5.32 Å². The maximum absolute atomic E-state index is 13.7. The molecule has 0 spiro atoms. The van der Waals surface area contributed by atoms with E-state index in [0.29, 0.717) is 4.90 Å². The number of nitrogens with zero attached hydrogens (tertiary/aromatic N) is 1. The number of carbonyl (C=O) groups is 2. The molecular weight excluding hydrogens is 467 g/mol. The first kappa shape index (κ1) is 23.0. The van der Waals surface area contributed by atoms with Crippen molar-refractivity contribution < 1.29 is 18.4 Å². The molecular formula is C21H15Cl2F2N3O2S. The van der Waals surface area contributed by atoms with E-state index in [4.69, 9.17) is 23.2 Å². The molecule has 0 fully saturated rings. The van der Waals surface area contributed by atoms with Gasteiger partial charge in [-0.05, 0) is 49.2 Å². The zero-order valence-corrected chi connectivity index (χ0v) is 18.6. The second kappa shape index (κ2) is 9.64. The van der Waals surface area contributed by atoms with Crippen LogP contribution in [0.2, 0.25) is 10.0 Å². The third kappa shape index (κ3) is 5.52. The minimum absolute atomic E-state index is 0.187.